The lowest BCUT2D eigenvalue weighted by molar-refractivity contribution is 0.109. The Kier molecular flexibility index (Phi) is 5.06. The molecule has 4 N–H and O–H groups in total. The molecule has 0 saturated heterocycles. The van der Waals surface area contributed by atoms with Crippen molar-refractivity contribution < 1.29 is 13.5 Å². The smallest absolute Gasteiger partial charge is 0.240 e. The first kappa shape index (κ1) is 15.8. The van der Waals surface area contributed by atoms with Gasteiger partial charge in [0.05, 0.1) is 11.0 Å². The van der Waals surface area contributed by atoms with Gasteiger partial charge in [-0.15, -0.1) is 0 Å². The van der Waals surface area contributed by atoms with E-state index in [1.807, 2.05) is 0 Å². The Morgan fingerprint density at radius 3 is 2.55 bits per heavy atom. The summed E-state index contributed by atoms with van der Waals surface area (Å²) in [5.74, 6) is 0.293. The van der Waals surface area contributed by atoms with Crippen molar-refractivity contribution >= 4 is 31.6 Å². The fourth-order valence-electron chi connectivity index (χ4n) is 2.35. The van der Waals surface area contributed by atoms with Gasteiger partial charge in [-0.1, -0.05) is 0 Å². The largest absolute Gasteiger partial charge is 0.398 e. The summed E-state index contributed by atoms with van der Waals surface area (Å²) in [6.07, 6.45) is 2.97. The molecule has 2 rings (SSSR count). The summed E-state index contributed by atoms with van der Waals surface area (Å²) >= 11 is 3.24. The predicted octanol–water partition coefficient (Wildman–Crippen LogP) is 1.86. The Hall–Kier alpha value is -0.630. The van der Waals surface area contributed by atoms with Crippen molar-refractivity contribution in [1.29, 1.82) is 0 Å². The number of aliphatic hydroxyl groups excluding tert-OH is 1. The van der Waals surface area contributed by atoms with E-state index in [9.17, 15) is 13.5 Å². The third kappa shape index (κ3) is 3.94. The molecule has 7 heteroatoms. The average molecular weight is 363 g/mol. The number of halogens is 1. The van der Waals surface area contributed by atoms with Gasteiger partial charge < -0.3 is 10.8 Å². The van der Waals surface area contributed by atoms with E-state index in [1.54, 1.807) is 6.07 Å². The van der Waals surface area contributed by atoms with E-state index in [0.29, 0.717) is 22.6 Å². The van der Waals surface area contributed by atoms with Gasteiger partial charge in [0.25, 0.3) is 0 Å². The van der Waals surface area contributed by atoms with Gasteiger partial charge in [0.1, 0.15) is 0 Å². The Balaban J connectivity index is 1.98. The van der Waals surface area contributed by atoms with Crippen LogP contribution in [0.4, 0.5) is 5.69 Å². The number of anilines is 1. The molecule has 0 aliphatic heterocycles. The molecule has 1 aliphatic carbocycles. The van der Waals surface area contributed by atoms with E-state index in [2.05, 4.69) is 20.7 Å². The summed E-state index contributed by atoms with van der Waals surface area (Å²) < 4.78 is 27.6. The lowest BCUT2D eigenvalue weighted by Crippen LogP contribution is -2.32. The topological polar surface area (TPSA) is 92.4 Å². The molecule has 0 atom stereocenters. The standard InChI is InChI=1S/C13H19BrN2O3S/c14-12-6-5-11(7-13(12)15)20(18,19)16-8-9-1-3-10(17)4-2-9/h5-7,9-10,16-17H,1-4,8,15H2. The molecule has 0 unspecified atom stereocenters. The molecule has 1 aromatic carbocycles. The maximum atomic E-state index is 12.2. The number of nitrogen functional groups attached to an aromatic ring is 1. The van der Waals surface area contributed by atoms with E-state index in [1.165, 1.54) is 12.1 Å². The molecule has 20 heavy (non-hydrogen) atoms. The van der Waals surface area contributed by atoms with Gasteiger partial charge in [-0.25, -0.2) is 13.1 Å². The van der Waals surface area contributed by atoms with Gasteiger partial charge in [0, 0.05) is 16.7 Å². The van der Waals surface area contributed by atoms with Gasteiger partial charge in [-0.05, 0) is 65.7 Å². The quantitative estimate of drug-likeness (QED) is 0.712. The van der Waals surface area contributed by atoms with Crippen molar-refractivity contribution in [3.8, 4) is 0 Å². The van der Waals surface area contributed by atoms with Crippen LogP contribution in [0.2, 0.25) is 0 Å². The van der Waals surface area contributed by atoms with Crippen LogP contribution in [0.3, 0.4) is 0 Å². The van der Waals surface area contributed by atoms with Crippen LogP contribution in [0.25, 0.3) is 0 Å². The average Bonchev–Trinajstić information content (AvgIpc) is 2.41. The molecular weight excluding hydrogens is 344 g/mol. The molecule has 0 spiro atoms. The van der Waals surface area contributed by atoms with Crippen LogP contribution >= 0.6 is 15.9 Å². The van der Waals surface area contributed by atoms with Gasteiger partial charge in [-0.3, -0.25) is 0 Å². The van der Waals surface area contributed by atoms with Crippen molar-refractivity contribution in [2.24, 2.45) is 5.92 Å². The normalized spacial score (nSPS) is 23.7. The number of nitrogens with two attached hydrogens (primary N) is 1. The van der Waals surface area contributed by atoms with E-state index in [-0.39, 0.29) is 11.0 Å². The summed E-state index contributed by atoms with van der Waals surface area (Å²) in [4.78, 5) is 0.175. The first-order valence-electron chi connectivity index (χ1n) is 6.61. The molecule has 0 bridgehead atoms. The molecule has 0 amide bonds. The Morgan fingerprint density at radius 2 is 1.95 bits per heavy atom. The van der Waals surface area contributed by atoms with Crippen LogP contribution in [-0.2, 0) is 10.0 Å². The summed E-state index contributed by atoms with van der Waals surface area (Å²) in [7, 11) is -3.53. The third-order valence-electron chi connectivity index (χ3n) is 3.66. The summed E-state index contributed by atoms with van der Waals surface area (Å²) in [5, 5.41) is 9.43. The van der Waals surface area contributed by atoms with Gasteiger partial charge in [0.2, 0.25) is 10.0 Å². The van der Waals surface area contributed by atoms with Crippen LogP contribution in [0.5, 0.6) is 0 Å². The SMILES string of the molecule is Nc1cc(S(=O)(=O)NCC2CCC(O)CC2)ccc1Br. The number of rotatable bonds is 4. The second kappa shape index (κ2) is 6.43. The molecule has 0 radical (unpaired) electrons. The number of aliphatic hydroxyl groups is 1. The minimum atomic E-state index is -3.53. The fraction of sp³-hybridized carbons (Fsp3) is 0.538. The number of sulfonamides is 1. The zero-order valence-corrected chi connectivity index (χ0v) is 13.5. The van der Waals surface area contributed by atoms with E-state index >= 15 is 0 Å². The fourth-order valence-corrected chi connectivity index (χ4v) is 3.75. The molecule has 0 heterocycles. The van der Waals surface area contributed by atoms with E-state index in [0.717, 1.165) is 25.7 Å². The zero-order valence-electron chi connectivity index (χ0n) is 11.0. The zero-order chi connectivity index (χ0) is 14.8. The minimum Gasteiger partial charge on any atom is -0.398 e. The second-order valence-electron chi connectivity index (χ2n) is 5.21. The number of nitrogens with one attached hydrogen (secondary N) is 1. The lowest BCUT2D eigenvalue weighted by atomic mass is 9.88. The molecule has 1 fully saturated rings. The second-order valence-corrected chi connectivity index (χ2v) is 7.83. The predicted molar refractivity (Wildman–Crippen MR) is 81.7 cm³/mol. The number of hydrogen-bond donors (Lipinski definition) is 3. The molecule has 1 aromatic rings. The van der Waals surface area contributed by atoms with Gasteiger partial charge >= 0.3 is 0 Å². The molecular formula is C13H19BrN2O3S. The monoisotopic (exact) mass is 362 g/mol. The highest BCUT2D eigenvalue weighted by molar-refractivity contribution is 9.10. The maximum absolute atomic E-state index is 12.2. The van der Waals surface area contributed by atoms with E-state index < -0.39 is 10.0 Å². The van der Waals surface area contributed by atoms with Crippen molar-refractivity contribution in [1.82, 2.24) is 4.72 Å². The van der Waals surface area contributed by atoms with Crippen LogP contribution < -0.4 is 10.5 Å². The molecule has 112 valence electrons. The Labute approximate surface area is 127 Å². The van der Waals surface area contributed by atoms with Crippen molar-refractivity contribution in [2.45, 2.75) is 36.7 Å². The molecule has 1 aliphatic rings. The van der Waals surface area contributed by atoms with Gasteiger partial charge in [-0.2, -0.15) is 0 Å². The minimum absolute atomic E-state index is 0.175. The third-order valence-corrected chi connectivity index (χ3v) is 5.80. The molecule has 5 nitrogen and oxygen atoms in total. The maximum Gasteiger partial charge on any atom is 0.240 e. The number of hydrogen-bond acceptors (Lipinski definition) is 4. The summed E-state index contributed by atoms with van der Waals surface area (Å²) in [5.41, 5.74) is 6.10. The first-order valence-corrected chi connectivity index (χ1v) is 8.89. The number of benzene rings is 1. The van der Waals surface area contributed by atoms with Crippen molar-refractivity contribution in [3.05, 3.63) is 22.7 Å². The van der Waals surface area contributed by atoms with Crippen LogP contribution in [0.1, 0.15) is 25.7 Å². The lowest BCUT2D eigenvalue weighted by Gasteiger charge is -2.25. The highest BCUT2D eigenvalue weighted by Crippen LogP contribution is 2.25. The molecule has 0 aromatic heterocycles. The van der Waals surface area contributed by atoms with Crippen LogP contribution in [-0.4, -0.2) is 26.2 Å². The van der Waals surface area contributed by atoms with Crippen molar-refractivity contribution in [3.63, 3.8) is 0 Å². The summed E-state index contributed by atoms with van der Waals surface area (Å²) in [6.45, 7) is 0.408. The van der Waals surface area contributed by atoms with Gasteiger partial charge in [0.15, 0.2) is 0 Å². The summed E-state index contributed by atoms with van der Waals surface area (Å²) in [6, 6.07) is 4.59. The highest BCUT2D eigenvalue weighted by Gasteiger charge is 2.22. The van der Waals surface area contributed by atoms with Crippen molar-refractivity contribution in [2.75, 3.05) is 12.3 Å². The van der Waals surface area contributed by atoms with Crippen LogP contribution in [0.15, 0.2) is 27.6 Å². The molecule has 1 saturated carbocycles. The first-order chi connectivity index (χ1) is 9.38. The Morgan fingerprint density at radius 1 is 1.30 bits per heavy atom. The van der Waals surface area contributed by atoms with Crippen LogP contribution in [0, 0.1) is 5.92 Å². The van der Waals surface area contributed by atoms with E-state index in [4.69, 9.17) is 5.73 Å². The highest BCUT2D eigenvalue weighted by atomic mass is 79.9. The Bertz CT molecular complexity index is 569.